The van der Waals surface area contributed by atoms with E-state index in [-0.39, 0.29) is 5.54 Å². The van der Waals surface area contributed by atoms with Gasteiger partial charge in [-0.05, 0) is 26.0 Å². The molecule has 0 atom stereocenters. The molecule has 0 amide bonds. The van der Waals surface area contributed by atoms with Gasteiger partial charge in [0.25, 0.3) is 0 Å². The first-order valence-corrected chi connectivity index (χ1v) is 4.57. The van der Waals surface area contributed by atoms with Crippen LogP contribution in [0.5, 0.6) is 11.5 Å². The summed E-state index contributed by atoms with van der Waals surface area (Å²) in [5.74, 6) is 1.57. The SMILES string of the molecule is COc1cccc(OCC(C)(C)N)c1. The lowest BCUT2D eigenvalue weighted by Gasteiger charge is -2.19. The van der Waals surface area contributed by atoms with Crippen molar-refractivity contribution in [1.82, 2.24) is 0 Å². The van der Waals surface area contributed by atoms with E-state index in [1.165, 1.54) is 0 Å². The van der Waals surface area contributed by atoms with Gasteiger partial charge >= 0.3 is 0 Å². The van der Waals surface area contributed by atoms with Gasteiger partial charge in [-0.15, -0.1) is 0 Å². The normalized spacial score (nSPS) is 11.1. The number of rotatable bonds is 4. The van der Waals surface area contributed by atoms with Crippen LogP contribution in [0.4, 0.5) is 0 Å². The van der Waals surface area contributed by atoms with Crippen molar-refractivity contribution >= 4 is 0 Å². The third-order valence-corrected chi connectivity index (χ3v) is 1.65. The third kappa shape index (κ3) is 3.66. The summed E-state index contributed by atoms with van der Waals surface area (Å²) in [7, 11) is 1.63. The van der Waals surface area contributed by atoms with Gasteiger partial charge < -0.3 is 15.2 Å². The van der Waals surface area contributed by atoms with E-state index in [9.17, 15) is 0 Å². The standard InChI is InChI=1S/C11H17NO2/c1-11(2,12)8-14-10-6-4-5-9(7-10)13-3/h4-7H,8,12H2,1-3H3. The molecule has 0 spiro atoms. The third-order valence-electron chi connectivity index (χ3n) is 1.65. The van der Waals surface area contributed by atoms with Crippen LogP contribution in [0.1, 0.15) is 13.8 Å². The maximum absolute atomic E-state index is 5.80. The highest BCUT2D eigenvalue weighted by atomic mass is 16.5. The fourth-order valence-electron chi connectivity index (χ4n) is 0.960. The molecule has 0 aliphatic carbocycles. The second kappa shape index (κ2) is 4.33. The molecule has 0 saturated carbocycles. The van der Waals surface area contributed by atoms with Crippen LogP contribution in [0.25, 0.3) is 0 Å². The van der Waals surface area contributed by atoms with Gasteiger partial charge in [0.15, 0.2) is 0 Å². The monoisotopic (exact) mass is 195 g/mol. The molecule has 0 unspecified atom stereocenters. The molecule has 0 aromatic heterocycles. The van der Waals surface area contributed by atoms with Crippen LogP contribution in [0.15, 0.2) is 24.3 Å². The van der Waals surface area contributed by atoms with Gasteiger partial charge in [-0.1, -0.05) is 6.07 Å². The van der Waals surface area contributed by atoms with Crippen LogP contribution in [0.3, 0.4) is 0 Å². The van der Waals surface area contributed by atoms with Crippen LogP contribution in [0, 0.1) is 0 Å². The van der Waals surface area contributed by atoms with E-state index in [4.69, 9.17) is 15.2 Å². The van der Waals surface area contributed by atoms with Gasteiger partial charge in [0.2, 0.25) is 0 Å². The van der Waals surface area contributed by atoms with Crippen LogP contribution in [0.2, 0.25) is 0 Å². The number of hydrogen-bond donors (Lipinski definition) is 1. The average Bonchev–Trinajstić information content (AvgIpc) is 2.14. The minimum atomic E-state index is -0.316. The number of nitrogens with two attached hydrogens (primary N) is 1. The lowest BCUT2D eigenvalue weighted by molar-refractivity contribution is 0.242. The summed E-state index contributed by atoms with van der Waals surface area (Å²) in [6.07, 6.45) is 0. The fourth-order valence-corrected chi connectivity index (χ4v) is 0.960. The predicted molar refractivity (Wildman–Crippen MR) is 56.8 cm³/mol. The number of ether oxygens (including phenoxy) is 2. The zero-order valence-corrected chi connectivity index (χ0v) is 8.91. The molecular weight excluding hydrogens is 178 g/mol. The Bertz CT molecular complexity index is 292. The zero-order valence-electron chi connectivity index (χ0n) is 8.91. The lowest BCUT2D eigenvalue weighted by Crippen LogP contribution is -2.38. The Kier molecular flexibility index (Phi) is 3.36. The Hall–Kier alpha value is -1.22. The number of benzene rings is 1. The molecule has 14 heavy (non-hydrogen) atoms. The molecule has 0 fully saturated rings. The topological polar surface area (TPSA) is 44.5 Å². The molecule has 1 aromatic carbocycles. The maximum atomic E-state index is 5.80. The van der Waals surface area contributed by atoms with E-state index in [0.717, 1.165) is 11.5 Å². The van der Waals surface area contributed by atoms with E-state index in [2.05, 4.69) is 0 Å². The van der Waals surface area contributed by atoms with E-state index < -0.39 is 0 Å². The van der Waals surface area contributed by atoms with Crippen LogP contribution < -0.4 is 15.2 Å². The van der Waals surface area contributed by atoms with Gasteiger partial charge in [0, 0.05) is 11.6 Å². The molecule has 0 radical (unpaired) electrons. The summed E-state index contributed by atoms with van der Waals surface area (Å²) in [6, 6.07) is 7.48. The molecular formula is C11H17NO2. The molecule has 0 heterocycles. The molecule has 0 aliphatic rings. The average molecular weight is 195 g/mol. The second-order valence-corrected chi connectivity index (χ2v) is 3.96. The summed E-state index contributed by atoms with van der Waals surface area (Å²) < 4.78 is 10.6. The van der Waals surface area contributed by atoms with E-state index in [0.29, 0.717) is 6.61 Å². The second-order valence-electron chi connectivity index (χ2n) is 3.96. The highest BCUT2D eigenvalue weighted by molar-refractivity contribution is 5.32. The summed E-state index contributed by atoms with van der Waals surface area (Å²) in [5.41, 5.74) is 5.48. The molecule has 0 bridgehead atoms. The summed E-state index contributed by atoms with van der Waals surface area (Å²) in [6.45, 7) is 4.33. The Balaban J connectivity index is 2.59. The van der Waals surface area contributed by atoms with Crippen molar-refractivity contribution in [3.63, 3.8) is 0 Å². The molecule has 78 valence electrons. The Morgan fingerprint density at radius 2 is 1.93 bits per heavy atom. The highest BCUT2D eigenvalue weighted by Crippen LogP contribution is 2.19. The minimum Gasteiger partial charge on any atom is -0.497 e. The largest absolute Gasteiger partial charge is 0.497 e. The van der Waals surface area contributed by atoms with Gasteiger partial charge in [-0.2, -0.15) is 0 Å². The predicted octanol–water partition coefficient (Wildman–Crippen LogP) is 1.81. The molecule has 3 nitrogen and oxygen atoms in total. The van der Waals surface area contributed by atoms with Crippen molar-refractivity contribution in [3.05, 3.63) is 24.3 Å². The Morgan fingerprint density at radius 1 is 1.29 bits per heavy atom. The summed E-state index contributed by atoms with van der Waals surface area (Å²) >= 11 is 0. The van der Waals surface area contributed by atoms with Crippen molar-refractivity contribution in [2.75, 3.05) is 13.7 Å². The Morgan fingerprint density at radius 3 is 2.50 bits per heavy atom. The van der Waals surface area contributed by atoms with Gasteiger partial charge in [-0.25, -0.2) is 0 Å². The molecule has 1 aromatic rings. The first-order chi connectivity index (χ1) is 6.51. The molecule has 0 aliphatic heterocycles. The Labute approximate surface area is 84.8 Å². The minimum absolute atomic E-state index is 0.316. The van der Waals surface area contributed by atoms with Crippen molar-refractivity contribution in [3.8, 4) is 11.5 Å². The fraction of sp³-hybridized carbons (Fsp3) is 0.455. The molecule has 3 heteroatoms. The maximum Gasteiger partial charge on any atom is 0.123 e. The van der Waals surface area contributed by atoms with Crippen LogP contribution in [-0.2, 0) is 0 Å². The number of hydrogen-bond acceptors (Lipinski definition) is 3. The first kappa shape index (κ1) is 10.9. The van der Waals surface area contributed by atoms with Crippen molar-refractivity contribution in [1.29, 1.82) is 0 Å². The van der Waals surface area contributed by atoms with Crippen molar-refractivity contribution in [2.24, 2.45) is 5.73 Å². The van der Waals surface area contributed by atoms with E-state index in [1.54, 1.807) is 7.11 Å². The smallest absolute Gasteiger partial charge is 0.123 e. The quantitative estimate of drug-likeness (QED) is 0.797. The molecule has 2 N–H and O–H groups in total. The number of methoxy groups -OCH3 is 1. The van der Waals surface area contributed by atoms with Crippen molar-refractivity contribution in [2.45, 2.75) is 19.4 Å². The van der Waals surface area contributed by atoms with E-state index in [1.807, 2.05) is 38.1 Å². The molecule has 0 saturated heterocycles. The highest BCUT2D eigenvalue weighted by Gasteiger charge is 2.11. The van der Waals surface area contributed by atoms with Gasteiger partial charge in [-0.3, -0.25) is 0 Å². The van der Waals surface area contributed by atoms with Crippen LogP contribution >= 0.6 is 0 Å². The van der Waals surface area contributed by atoms with Crippen molar-refractivity contribution < 1.29 is 9.47 Å². The summed E-state index contributed by atoms with van der Waals surface area (Å²) in [5, 5.41) is 0. The molecule has 1 rings (SSSR count). The lowest BCUT2D eigenvalue weighted by atomic mass is 10.1. The van der Waals surface area contributed by atoms with Gasteiger partial charge in [0.1, 0.15) is 18.1 Å². The summed E-state index contributed by atoms with van der Waals surface area (Å²) in [4.78, 5) is 0. The van der Waals surface area contributed by atoms with E-state index >= 15 is 0 Å². The van der Waals surface area contributed by atoms with Crippen LogP contribution in [-0.4, -0.2) is 19.3 Å². The zero-order chi connectivity index (χ0) is 10.6. The first-order valence-electron chi connectivity index (χ1n) is 4.57. The van der Waals surface area contributed by atoms with Gasteiger partial charge in [0.05, 0.1) is 7.11 Å².